The molecule has 0 aliphatic rings. The summed E-state index contributed by atoms with van der Waals surface area (Å²) in [7, 11) is 17.5. The molecule has 0 aliphatic heterocycles. The zero-order valence-electron chi connectivity index (χ0n) is 36.6. The van der Waals surface area contributed by atoms with Gasteiger partial charge in [-0.15, -0.1) is 0 Å². The zero-order chi connectivity index (χ0) is 48.0. The van der Waals surface area contributed by atoms with Crippen LogP contribution in [0.5, 0.6) is 0 Å². The minimum absolute atomic E-state index is 0.152. The molecule has 0 rings (SSSR count). The molecule has 60 heavy (non-hydrogen) atoms. The van der Waals surface area contributed by atoms with Crippen molar-refractivity contribution in [2.75, 3.05) is 137 Å². The van der Waals surface area contributed by atoms with Crippen LogP contribution in [0.1, 0.15) is 12.8 Å². The number of nitrogens with zero attached hydrogens (tertiary/aromatic N) is 8. The van der Waals surface area contributed by atoms with Crippen LogP contribution in [0.4, 0.5) is 0 Å². The van der Waals surface area contributed by atoms with Gasteiger partial charge in [0.2, 0.25) is 35.2 Å². The fourth-order valence-electron chi connectivity index (χ4n) is 3.30. The highest BCUT2D eigenvalue weighted by Crippen LogP contribution is 1.99. The van der Waals surface area contributed by atoms with Gasteiger partial charge in [-0.05, 0) is 0 Å². The average Bonchev–Trinajstić information content (AvgIpc) is 3.17. The predicted octanol–water partition coefficient (Wildman–Crippen LogP) is -5.10. The lowest BCUT2D eigenvalue weighted by atomic mass is 10.2. The van der Waals surface area contributed by atoms with Gasteiger partial charge >= 0.3 is 0 Å². The summed E-state index contributed by atoms with van der Waals surface area (Å²) < 4.78 is 0. The van der Waals surface area contributed by atoms with E-state index >= 15 is 0 Å². The van der Waals surface area contributed by atoms with Crippen molar-refractivity contribution in [3.8, 4) is 0 Å². The van der Waals surface area contributed by atoms with Gasteiger partial charge in [-0.1, -0.05) is 0 Å². The van der Waals surface area contributed by atoms with Crippen molar-refractivity contribution < 1.29 is 78.6 Å². The fourth-order valence-corrected chi connectivity index (χ4v) is 3.30. The number of likely N-dealkylation sites (N-methyl/N-ethyl adjacent to an activating group) is 8. The molecule has 0 aromatic rings. The van der Waals surface area contributed by atoms with Crippen molar-refractivity contribution in [2.24, 2.45) is 0 Å². The Morgan fingerprint density at radius 1 is 0.367 bits per heavy atom. The molecule has 0 radical (unpaired) electrons. The molecule has 24 nitrogen and oxygen atoms in total. The Bertz CT molecular complexity index is 1400. The SMILES string of the molecule is CN(C)C(=O)/C(O)=C/C(=O)N(C)CCO.CN(C)C(=O)/C(O)=C/C(=O)N(C)CCO.CN(C)C(=O)C(=O)CC(=O)N(C)CCO.CN(C)C(=O)C(=O)CC(=O)N(C)CCO. The van der Waals surface area contributed by atoms with E-state index in [4.69, 9.17) is 20.4 Å². The molecule has 0 bridgehead atoms. The Balaban J connectivity index is -0.000000348. The summed E-state index contributed by atoms with van der Waals surface area (Å²) in [6, 6.07) is 0. The molecule has 0 unspecified atom stereocenters. The monoisotopic (exact) mass is 864 g/mol. The van der Waals surface area contributed by atoms with Crippen LogP contribution >= 0.6 is 0 Å². The maximum Gasteiger partial charge on any atom is 0.289 e. The number of Topliss-reactive ketones (excluding diaryl/α,β-unsaturated/α-hetero) is 2. The van der Waals surface area contributed by atoms with Crippen LogP contribution < -0.4 is 0 Å². The van der Waals surface area contributed by atoms with E-state index in [0.717, 1.165) is 31.8 Å². The number of carbonyl (C=O) groups is 10. The largest absolute Gasteiger partial charge is 0.503 e. The summed E-state index contributed by atoms with van der Waals surface area (Å²) in [5.41, 5.74) is 0. The molecular weight excluding hydrogens is 800 g/mol. The van der Waals surface area contributed by atoms with Crippen molar-refractivity contribution in [3.05, 3.63) is 23.7 Å². The van der Waals surface area contributed by atoms with Crippen LogP contribution in [0, 0.1) is 0 Å². The normalized spacial score (nSPS) is 10.3. The summed E-state index contributed by atoms with van der Waals surface area (Å²) >= 11 is 0. The number of carbonyl (C=O) groups excluding carboxylic acids is 10. The fraction of sp³-hybridized carbons (Fsp3) is 0.611. The van der Waals surface area contributed by atoms with Gasteiger partial charge in [0.25, 0.3) is 23.6 Å². The predicted molar refractivity (Wildman–Crippen MR) is 214 cm³/mol. The number of aliphatic hydroxyl groups excluding tert-OH is 6. The Morgan fingerprint density at radius 2 is 0.583 bits per heavy atom. The van der Waals surface area contributed by atoms with E-state index in [2.05, 4.69) is 0 Å². The Morgan fingerprint density at radius 3 is 0.783 bits per heavy atom. The van der Waals surface area contributed by atoms with E-state index in [0.29, 0.717) is 0 Å². The van der Waals surface area contributed by atoms with E-state index in [9.17, 15) is 58.2 Å². The van der Waals surface area contributed by atoms with Crippen LogP contribution in [0.2, 0.25) is 0 Å². The first kappa shape index (κ1) is 60.7. The molecule has 0 fully saturated rings. The summed E-state index contributed by atoms with van der Waals surface area (Å²) in [5, 5.41) is 52.7. The number of aliphatic hydroxyl groups is 6. The molecule has 6 N–H and O–H groups in total. The van der Waals surface area contributed by atoms with Crippen LogP contribution in [0.25, 0.3) is 0 Å². The molecule has 0 heterocycles. The average molecular weight is 865 g/mol. The second-order valence-electron chi connectivity index (χ2n) is 13.1. The smallest absolute Gasteiger partial charge is 0.289 e. The van der Waals surface area contributed by atoms with Gasteiger partial charge in [-0.3, -0.25) is 47.9 Å². The Labute approximate surface area is 350 Å². The lowest BCUT2D eigenvalue weighted by molar-refractivity contribution is -0.146. The molecule has 0 aromatic heterocycles. The van der Waals surface area contributed by atoms with Gasteiger partial charge in [0, 0.05) is 111 Å². The molecule has 0 aliphatic carbocycles. The van der Waals surface area contributed by atoms with Crippen LogP contribution in [-0.4, -0.2) is 266 Å². The summed E-state index contributed by atoms with van der Waals surface area (Å²) in [4.78, 5) is 121. The van der Waals surface area contributed by atoms with E-state index in [1.54, 1.807) is 0 Å². The molecule has 0 spiro atoms. The lowest BCUT2D eigenvalue weighted by Gasteiger charge is -2.15. The first-order valence-corrected chi connectivity index (χ1v) is 17.7. The summed E-state index contributed by atoms with van der Waals surface area (Å²) in [6.07, 6.45) is 0.761. The standard InChI is InChI=1S/4C9H16N2O4/c4*1-10(2)9(15)7(13)6-8(14)11(3)4-5-12/h2*12H,4-6H2,1-3H3;2*6,12-13H,4-5H2,1-3H3/b;;2*7-6-. The van der Waals surface area contributed by atoms with Crippen molar-refractivity contribution in [3.63, 3.8) is 0 Å². The van der Waals surface area contributed by atoms with Gasteiger partial charge < -0.3 is 69.8 Å². The van der Waals surface area contributed by atoms with Crippen LogP contribution in [0.3, 0.4) is 0 Å². The van der Waals surface area contributed by atoms with Gasteiger partial charge in [-0.2, -0.15) is 0 Å². The second-order valence-corrected chi connectivity index (χ2v) is 13.1. The van der Waals surface area contributed by atoms with Gasteiger partial charge in [0.05, 0.1) is 51.4 Å². The topological polar surface area (TPSA) is 318 Å². The van der Waals surface area contributed by atoms with Gasteiger partial charge in [0.1, 0.15) is 0 Å². The number of hydrogen-bond acceptors (Lipinski definition) is 16. The Kier molecular flexibility index (Phi) is 33.3. The molecule has 8 amide bonds. The Hall–Kier alpha value is -5.98. The lowest BCUT2D eigenvalue weighted by Crippen LogP contribution is -2.36. The molecule has 24 heteroatoms. The number of ketones is 2. The van der Waals surface area contributed by atoms with E-state index < -0.39 is 83.2 Å². The van der Waals surface area contributed by atoms with Gasteiger partial charge in [-0.25, -0.2) is 0 Å². The summed E-state index contributed by atoms with van der Waals surface area (Å²) in [5.74, 6) is -7.38. The van der Waals surface area contributed by atoms with Crippen LogP contribution in [-0.2, 0) is 47.9 Å². The van der Waals surface area contributed by atoms with Crippen molar-refractivity contribution >= 4 is 58.8 Å². The number of rotatable bonds is 18. The number of amides is 8. The van der Waals surface area contributed by atoms with Crippen molar-refractivity contribution in [1.29, 1.82) is 0 Å². The van der Waals surface area contributed by atoms with Crippen molar-refractivity contribution in [1.82, 2.24) is 39.2 Å². The molecule has 0 atom stereocenters. The maximum atomic E-state index is 11.3. The highest BCUT2D eigenvalue weighted by atomic mass is 16.3. The minimum atomic E-state index is -0.741. The molecule has 0 saturated heterocycles. The van der Waals surface area contributed by atoms with Crippen LogP contribution in [0.15, 0.2) is 23.7 Å². The first-order chi connectivity index (χ1) is 27.6. The quantitative estimate of drug-likeness (QED) is 0.0325. The first-order valence-electron chi connectivity index (χ1n) is 17.7. The van der Waals surface area contributed by atoms with E-state index in [1.807, 2.05) is 0 Å². The third-order valence-electron chi connectivity index (χ3n) is 7.03. The molecular formula is C36H64N8O16. The molecule has 0 aromatic carbocycles. The van der Waals surface area contributed by atoms with E-state index in [1.165, 1.54) is 104 Å². The molecule has 344 valence electrons. The van der Waals surface area contributed by atoms with Gasteiger partial charge in [0.15, 0.2) is 11.5 Å². The van der Waals surface area contributed by atoms with E-state index in [-0.39, 0.29) is 52.6 Å². The highest BCUT2D eigenvalue weighted by Gasteiger charge is 2.22. The zero-order valence-corrected chi connectivity index (χ0v) is 36.6. The minimum Gasteiger partial charge on any atom is -0.503 e. The summed E-state index contributed by atoms with van der Waals surface area (Å²) in [6.45, 7) is -0.0604. The van der Waals surface area contributed by atoms with Crippen molar-refractivity contribution in [2.45, 2.75) is 12.8 Å². The highest BCUT2D eigenvalue weighted by molar-refractivity contribution is 6.39. The second kappa shape index (κ2) is 32.9. The third kappa shape index (κ3) is 27.6. The third-order valence-corrected chi connectivity index (χ3v) is 7.03. The molecule has 0 saturated carbocycles. The maximum absolute atomic E-state index is 11.3. The number of hydrogen-bond donors (Lipinski definition) is 6.